The number of likely N-dealkylation sites (N-methyl/N-ethyl adjacent to an activating group) is 2. The summed E-state index contributed by atoms with van der Waals surface area (Å²) in [6.45, 7) is 0.879. The van der Waals surface area contributed by atoms with Crippen LogP contribution in [0.3, 0.4) is 0 Å². The van der Waals surface area contributed by atoms with Crippen molar-refractivity contribution in [3.63, 3.8) is 0 Å². The highest BCUT2D eigenvalue weighted by atomic mass is 32.1. The van der Waals surface area contributed by atoms with Crippen molar-refractivity contribution in [3.8, 4) is 11.8 Å². The van der Waals surface area contributed by atoms with Gasteiger partial charge >= 0.3 is 0 Å². The summed E-state index contributed by atoms with van der Waals surface area (Å²) >= 11 is 1.57. The lowest BCUT2D eigenvalue weighted by Crippen LogP contribution is -2.34. The fraction of sp³-hybridized carbons (Fsp3) is 0.462. The largest absolute Gasteiger partial charge is 0.384 e. The van der Waals surface area contributed by atoms with E-state index in [1.54, 1.807) is 23.3 Å². The van der Waals surface area contributed by atoms with Crippen LogP contribution in [0.4, 0.5) is 0 Å². The van der Waals surface area contributed by atoms with Gasteiger partial charge in [-0.3, -0.25) is 4.79 Å². The molecule has 0 spiro atoms. The summed E-state index contributed by atoms with van der Waals surface area (Å²) in [6.07, 6.45) is 0. The van der Waals surface area contributed by atoms with Gasteiger partial charge in [0.15, 0.2) is 0 Å². The Labute approximate surface area is 112 Å². The van der Waals surface area contributed by atoms with Gasteiger partial charge in [-0.05, 0) is 20.2 Å². The first kappa shape index (κ1) is 14.7. The maximum atomic E-state index is 11.8. The van der Waals surface area contributed by atoms with Gasteiger partial charge < -0.3 is 14.9 Å². The van der Waals surface area contributed by atoms with E-state index in [0.717, 1.165) is 10.4 Å². The second-order valence-electron chi connectivity index (χ2n) is 4.25. The van der Waals surface area contributed by atoms with Crippen LogP contribution in [0.1, 0.15) is 10.4 Å². The summed E-state index contributed by atoms with van der Waals surface area (Å²) in [5.41, 5.74) is 0.887. The van der Waals surface area contributed by atoms with Crippen LogP contribution in [-0.2, 0) is 11.3 Å². The van der Waals surface area contributed by atoms with Crippen LogP contribution in [0.5, 0.6) is 0 Å². The van der Waals surface area contributed by atoms with Gasteiger partial charge in [0, 0.05) is 22.9 Å². The van der Waals surface area contributed by atoms with E-state index >= 15 is 0 Å². The molecule has 4 nitrogen and oxygen atoms in total. The average Bonchev–Trinajstić information content (AvgIpc) is 2.73. The SMILES string of the molecule is CN(C)CC(=O)N(C)Cc1cc(C#CCO)cs1. The molecule has 1 N–H and O–H groups in total. The van der Waals surface area contributed by atoms with Crippen molar-refractivity contribution in [2.75, 3.05) is 34.3 Å². The van der Waals surface area contributed by atoms with Gasteiger partial charge in [-0.15, -0.1) is 11.3 Å². The highest BCUT2D eigenvalue weighted by Gasteiger charge is 2.11. The van der Waals surface area contributed by atoms with Gasteiger partial charge in [0.2, 0.25) is 5.91 Å². The van der Waals surface area contributed by atoms with Crippen LogP contribution in [0.25, 0.3) is 0 Å². The maximum absolute atomic E-state index is 11.8. The number of nitrogens with zero attached hydrogens (tertiary/aromatic N) is 2. The molecule has 0 aliphatic heterocycles. The Morgan fingerprint density at radius 1 is 1.44 bits per heavy atom. The number of thiophene rings is 1. The van der Waals surface area contributed by atoms with Crippen molar-refractivity contribution in [1.29, 1.82) is 0 Å². The molecule has 0 saturated carbocycles. The minimum absolute atomic E-state index is 0.0939. The molecule has 0 fully saturated rings. The smallest absolute Gasteiger partial charge is 0.236 e. The van der Waals surface area contributed by atoms with E-state index in [1.807, 2.05) is 30.4 Å². The van der Waals surface area contributed by atoms with Gasteiger partial charge in [0.1, 0.15) is 6.61 Å². The highest BCUT2D eigenvalue weighted by molar-refractivity contribution is 7.10. The van der Waals surface area contributed by atoms with E-state index in [9.17, 15) is 4.79 Å². The third-order valence-corrected chi connectivity index (χ3v) is 3.16. The third-order valence-electron chi connectivity index (χ3n) is 2.24. The normalized spacial score (nSPS) is 10.1. The summed E-state index contributed by atoms with van der Waals surface area (Å²) in [5.74, 6) is 5.55. The Morgan fingerprint density at radius 2 is 2.17 bits per heavy atom. The van der Waals surface area contributed by atoms with Gasteiger partial charge in [0.05, 0.1) is 13.1 Å². The molecule has 1 amide bonds. The second kappa shape index (κ2) is 7.17. The number of aliphatic hydroxyl groups is 1. The van der Waals surface area contributed by atoms with Crippen molar-refractivity contribution >= 4 is 17.2 Å². The first-order chi connectivity index (χ1) is 8.52. The average molecular weight is 266 g/mol. The van der Waals surface area contributed by atoms with E-state index in [2.05, 4.69) is 11.8 Å². The molecule has 1 heterocycles. The zero-order valence-electron chi connectivity index (χ0n) is 10.9. The topological polar surface area (TPSA) is 43.8 Å². The number of carbonyl (C=O) groups excluding carboxylic acids is 1. The molecular weight excluding hydrogens is 248 g/mol. The van der Waals surface area contributed by atoms with Gasteiger partial charge in [-0.1, -0.05) is 11.8 Å². The number of rotatable bonds is 4. The molecule has 18 heavy (non-hydrogen) atoms. The van der Waals surface area contributed by atoms with E-state index in [4.69, 9.17) is 5.11 Å². The molecule has 0 aliphatic rings. The molecule has 1 aromatic rings. The zero-order valence-corrected chi connectivity index (χ0v) is 11.8. The predicted molar refractivity (Wildman–Crippen MR) is 73.3 cm³/mol. The third kappa shape index (κ3) is 4.88. The first-order valence-electron chi connectivity index (χ1n) is 5.58. The van der Waals surface area contributed by atoms with Crippen LogP contribution in [0.15, 0.2) is 11.4 Å². The number of aliphatic hydroxyl groups excluding tert-OH is 1. The Morgan fingerprint density at radius 3 is 2.78 bits per heavy atom. The zero-order chi connectivity index (χ0) is 13.5. The molecule has 98 valence electrons. The lowest BCUT2D eigenvalue weighted by molar-refractivity contribution is -0.131. The molecule has 0 aliphatic carbocycles. The van der Waals surface area contributed by atoms with E-state index in [0.29, 0.717) is 13.1 Å². The number of amides is 1. The highest BCUT2D eigenvalue weighted by Crippen LogP contribution is 2.15. The second-order valence-corrected chi connectivity index (χ2v) is 5.24. The van der Waals surface area contributed by atoms with Crippen molar-refractivity contribution in [1.82, 2.24) is 9.80 Å². The van der Waals surface area contributed by atoms with Crippen LogP contribution >= 0.6 is 11.3 Å². The Hall–Kier alpha value is -1.35. The van der Waals surface area contributed by atoms with Crippen molar-refractivity contribution in [2.24, 2.45) is 0 Å². The molecule has 0 aromatic carbocycles. The number of hydrogen-bond donors (Lipinski definition) is 1. The number of hydrogen-bond acceptors (Lipinski definition) is 4. The molecule has 0 unspecified atom stereocenters. The Kier molecular flexibility index (Phi) is 5.86. The molecule has 1 rings (SSSR count). The predicted octanol–water partition coefficient (Wildman–Crippen LogP) is 0.612. The lowest BCUT2D eigenvalue weighted by Gasteiger charge is -2.18. The minimum Gasteiger partial charge on any atom is -0.384 e. The molecular formula is C13H18N2O2S. The fourth-order valence-corrected chi connectivity index (χ4v) is 2.25. The summed E-state index contributed by atoms with van der Waals surface area (Å²) in [6, 6.07) is 1.95. The Balaban J connectivity index is 2.56. The molecule has 0 bridgehead atoms. The summed E-state index contributed by atoms with van der Waals surface area (Å²) in [5, 5.41) is 10.5. The monoisotopic (exact) mass is 266 g/mol. The van der Waals surface area contributed by atoms with E-state index < -0.39 is 0 Å². The van der Waals surface area contributed by atoms with Crippen LogP contribution in [0.2, 0.25) is 0 Å². The van der Waals surface area contributed by atoms with Crippen molar-refractivity contribution < 1.29 is 9.90 Å². The maximum Gasteiger partial charge on any atom is 0.236 e. The van der Waals surface area contributed by atoms with Gasteiger partial charge in [-0.2, -0.15) is 0 Å². The van der Waals surface area contributed by atoms with Crippen LogP contribution in [0, 0.1) is 11.8 Å². The quantitative estimate of drug-likeness (QED) is 0.812. The number of carbonyl (C=O) groups is 1. The Bertz CT molecular complexity index is 457. The van der Waals surface area contributed by atoms with E-state index in [-0.39, 0.29) is 12.5 Å². The summed E-state index contributed by atoms with van der Waals surface area (Å²) in [7, 11) is 5.55. The van der Waals surface area contributed by atoms with Gasteiger partial charge in [-0.25, -0.2) is 0 Å². The van der Waals surface area contributed by atoms with Crippen LogP contribution in [-0.4, -0.2) is 55.1 Å². The molecule has 1 aromatic heterocycles. The first-order valence-corrected chi connectivity index (χ1v) is 6.46. The molecule has 5 heteroatoms. The standard InChI is InChI=1S/C13H18N2O2S/c1-14(2)9-13(17)15(3)8-12-7-11(10-18-12)5-4-6-16/h7,10,16H,6,8-9H2,1-3H3. The van der Waals surface area contributed by atoms with Crippen molar-refractivity contribution in [3.05, 3.63) is 21.9 Å². The lowest BCUT2D eigenvalue weighted by atomic mass is 10.3. The molecule has 0 atom stereocenters. The minimum atomic E-state index is -0.133. The van der Waals surface area contributed by atoms with E-state index in [1.165, 1.54) is 0 Å². The molecule has 0 radical (unpaired) electrons. The van der Waals surface area contributed by atoms with Gasteiger partial charge in [0.25, 0.3) is 0 Å². The van der Waals surface area contributed by atoms with Crippen molar-refractivity contribution in [2.45, 2.75) is 6.54 Å². The van der Waals surface area contributed by atoms with Crippen LogP contribution < -0.4 is 0 Å². The molecule has 0 saturated heterocycles. The summed E-state index contributed by atoms with van der Waals surface area (Å²) < 4.78 is 0. The fourth-order valence-electron chi connectivity index (χ4n) is 1.38. The summed E-state index contributed by atoms with van der Waals surface area (Å²) in [4.78, 5) is 16.4.